The van der Waals surface area contributed by atoms with E-state index in [-0.39, 0.29) is 5.91 Å². The summed E-state index contributed by atoms with van der Waals surface area (Å²) in [5.74, 6) is 0.229. The summed E-state index contributed by atoms with van der Waals surface area (Å²) in [5.41, 5.74) is 0.488. The van der Waals surface area contributed by atoms with E-state index in [1.807, 2.05) is 0 Å². The van der Waals surface area contributed by atoms with Crippen molar-refractivity contribution in [3.8, 4) is 5.75 Å². The lowest BCUT2D eigenvalue weighted by Crippen LogP contribution is -2.17. The van der Waals surface area contributed by atoms with Crippen LogP contribution in [0.1, 0.15) is 10.4 Å². The van der Waals surface area contributed by atoms with Crippen LogP contribution in [0, 0.1) is 0 Å². The minimum Gasteiger partial charge on any atom is -0.537 e. The first-order valence-corrected chi connectivity index (χ1v) is 3.72. The molecule has 0 heterocycles. The molecule has 0 aliphatic rings. The minimum atomic E-state index is -0.191. The zero-order valence-electron chi connectivity index (χ0n) is 7.15. The number of carbonyl (C=O) groups is 1. The molecule has 67 valence electrons. The molecule has 0 aliphatic heterocycles. The molecule has 1 aromatic rings. The molecule has 0 saturated carbocycles. The van der Waals surface area contributed by atoms with Crippen molar-refractivity contribution in [1.29, 1.82) is 0 Å². The van der Waals surface area contributed by atoms with Crippen molar-refractivity contribution in [2.45, 2.75) is 0 Å². The first kappa shape index (κ1) is 9.60. The molecule has 0 atom stereocenters. The Morgan fingerprint density at radius 3 is 3.00 bits per heavy atom. The largest absolute Gasteiger partial charge is 0.569 e. The third-order valence-corrected chi connectivity index (χ3v) is 1.51. The highest BCUT2D eigenvalue weighted by Gasteiger charge is 2.03. The highest BCUT2D eigenvalue weighted by atomic mass is 16.5. The maximum atomic E-state index is 11.1. The van der Waals surface area contributed by atoms with Gasteiger partial charge in [0.25, 0.3) is 5.91 Å². The normalized spacial score (nSPS) is 9.08. The van der Waals surface area contributed by atoms with Gasteiger partial charge in [-0.2, -0.15) is 0 Å². The molecule has 1 radical (unpaired) electrons. The van der Waals surface area contributed by atoms with Gasteiger partial charge in [0.2, 0.25) is 0 Å². The maximum Gasteiger partial charge on any atom is 0.569 e. The maximum absolute atomic E-state index is 11.1. The molecule has 0 bridgehead atoms. The Balaban J connectivity index is 2.85. The molecule has 1 amide bonds. The van der Waals surface area contributed by atoms with Gasteiger partial charge < -0.3 is 15.0 Å². The van der Waals surface area contributed by atoms with Crippen LogP contribution in [0.15, 0.2) is 24.3 Å². The molecular weight excluding hydrogens is 169 g/mol. The van der Waals surface area contributed by atoms with Crippen LogP contribution in [0.3, 0.4) is 0 Å². The zero-order valence-corrected chi connectivity index (χ0v) is 7.15. The molecule has 0 spiro atoms. The standard InChI is InChI=1S/C8H9BNO3/c1-10-8(11)6-3-2-4-7(5-6)13-9-12/h2-5,12H,1H3,(H,10,11). The van der Waals surface area contributed by atoms with Crippen LogP contribution in [0.25, 0.3) is 0 Å². The van der Waals surface area contributed by atoms with Crippen molar-refractivity contribution in [2.24, 2.45) is 0 Å². The Labute approximate surface area is 76.8 Å². The van der Waals surface area contributed by atoms with E-state index < -0.39 is 0 Å². The Bertz CT molecular complexity index is 303. The fourth-order valence-electron chi connectivity index (χ4n) is 0.916. The van der Waals surface area contributed by atoms with E-state index in [0.29, 0.717) is 19.0 Å². The van der Waals surface area contributed by atoms with Gasteiger partial charge in [0, 0.05) is 12.6 Å². The van der Waals surface area contributed by atoms with Crippen molar-refractivity contribution < 1.29 is 14.5 Å². The van der Waals surface area contributed by atoms with E-state index in [9.17, 15) is 4.79 Å². The second-order valence-electron chi connectivity index (χ2n) is 2.33. The number of rotatable bonds is 3. The monoisotopic (exact) mass is 178 g/mol. The lowest BCUT2D eigenvalue weighted by molar-refractivity contribution is 0.0963. The quantitative estimate of drug-likeness (QED) is 0.638. The molecule has 13 heavy (non-hydrogen) atoms. The number of hydrogen-bond acceptors (Lipinski definition) is 3. The fourth-order valence-corrected chi connectivity index (χ4v) is 0.916. The fraction of sp³-hybridized carbons (Fsp3) is 0.125. The lowest BCUT2D eigenvalue weighted by atomic mass is 10.2. The predicted octanol–water partition coefficient (Wildman–Crippen LogP) is -0.0485. The van der Waals surface area contributed by atoms with Gasteiger partial charge in [0.05, 0.1) is 0 Å². The summed E-state index contributed by atoms with van der Waals surface area (Å²) in [6.45, 7) is 0. The van der Waals surface area contributed by atoms with E-state index in [2.05, 4.69) is 5.32 Å². The van der Waals surface area contributed by atoms with E-state index in [1.54, 1.807) is 25.2 Å². The zero-order chi connectivity index (χ0) is 9.68. The van der Waals surface area contributed by atoms with Crippen molar-refractivity contribution >= 4 is 13.6 Å². The van der Waals surface area contributed by atoms with Crippen LogP contribution in [0.4, 0.5) is 0 Å². The van der Waals surface area contributed by atoms with Crippen LogP contribution >= 0.6 is 0 Å². The molecule has 4 nitrogen and oxygen atoms in total. The van der Waals surface area contributed by atoms with Crippen LogP contribution in [0.5, 0.6) is 5.75 Å². The lowest BCUT2D eigenvalue weighted by Gasteiger charge is -2.03. The van der Waals surface area contributed by atoms with Gasteiger partial charge in [0.15, 0.2) is 0 Å². The number of amides is 1. The molecule has 2 N–H and O–H groups in total. The van der Waals surface area contributed by atoms with E-state index in [0.717, 1.165) is 0 Å². The number of carbonyl (C=O) groups excluding carboxylic acids is 1. The topological polar surface area (TPSA) is 58.6 Å². The van der Waals surface area contributed by atoms with Crippen molar-refractivity contribution in [3.05, 3.63) is 29.8 Å². The third-order valence-electron chi connectivity index (χ3n) is 1.51. The average Bonchev–Trinajstić information content (AvgIpc) is 2.18. The first-order valence-electron chi connectivity index (χ1n) is 3.72. The summed E-state index contributed by atoms with van der Waals surface area (Å²) in [6.07, 6.45) is 0. The van der Waals surface area contributed by atoms with Gasteiger partial charge in [-0.05, 0) is 18.2 Å². The van der Waals surface area contributed by atoms with Gasteiger partial charge in [-0.1, -0.05) is 6.07 Å². The Hall–Kier alpha value is -1.49. The Morgan fingerprint density at radius 1 is 1.62 bits per heavy atom. The summed E-state index contributed by atoms with van der Waals surface area (Å²) in [7, 11) is 2.12. The second kappa shape index (κ2) is 4.52. The molecule has 0 saturated heterocycles. The van der Waals surface area contributed by atoms with Crippen LogP contribution in [-0.4, -0.2) is 25.7 Å². The summed E-state index contributed by atoms with van der Waals surface area (Å²) in [4.78, 5) is 11.1. The summed E-state index contributed by atoms with van der Waals surface area (Å²) >= 11 is 0. The number of benzene rings is 1. The third kappa shape index (κ3) is 2.49. The van der Waals surface area contributed by atoms with Crippen molar-refractivity contribution in [2.75, 3.05) is 7.05 Å². The Kier molecular flexibility index (Phi) is 3.34. The van der Waals surface area contributed by atoms with Gasteiger partial charge in [0.1, 0.15) is 5.75 Å². The van der Waals surface area contributed by atoms with Crippen molar-refractivity contribution in [3.63, 3.8) is 0 Å². The smallest absolute Gasteiger partial charge is 0.537 e. The molecule has 0 fully saturated rings. The van der Waals surface area contributed by atoms with Gasteiger partial charge in [-0.3, -0.25) is 4.79 Å². The highest BCUT2D eigenvalue weighted by molar-refractivity contribution is 6.17. The SMILES string of the molecule is CNC(=O)c1cccc(O[B]O)c1. The van der Waals surface area contributed by atoms with Crippen LogP contribution in [0.2, 0.25) is 0 Å². The molecule has 0 unspecified atom stereocenters. The summed E-state index contributed by atoms with van der Waals surface area (Å²) in [5, 5.41) is 10.8. The molecule has 0 aromatic heterocycles. The van der Waals surface area contributed by atoms with E-state index >= 15 is 0 Å². The van der Waals surface area contributed by atoms with E-state index in [4.69, 9.17) is 9.68 Å². The second-order valence-corrected chi connectivity index (χ2v) is 2.33. The highest BCUT2D eigenvalue weighted by Crippen LogP contribution is 2.12. The summed E-state index contributed by atoms with van der Waals surface area (Å²) < 4.78 is 4.69. The van der Waals surface area contributed by atoms with Crippen LogP contribution < -0.4 is 9.97 Å². The van der Waals surface area contributed by atoms with Gasteiger partial charge >= 0.3 is 7.69 Å². The summed E-state index contributed by atoms with van der Waals surface area (Å²) in [6, 6.07) is 6.50. The minimum absolute atomic E-state index is 0.191. The van der Waals surface area contributed by atoms with Gasteiger partial charge in [-0.25, -0.2) is 0 Å². The number of hydrogen-bond donors (Lipinski definition) is 2. The molecule has 5 heteroatoms. The van der Waals surface area contributed by atoms with Gasteiger partial charge in [-0.15, -0.1) is 0 Å². The molecule has 1 aromatic carbocycles. The molecular formula is C8H9BNO3. The Morgan fingerprint density at radius 2 is 2.38 bits per heavy atom. The molecule has 0 aliphatic carbocycles. The van der Waals surface area contributed by atoms with Crippen molar-refractivity contribution in [1.82, 2.24) is 5.32 Å². The predicted molar refractivity (Wildman–Crippen MR) is 48.4 cm³/mol. The average molecular weight is 178 g/mol. The first-order chi connectivity index (χ1) is 6.27. The number of nitrogens with one attached hydrogen (secondary N) is 1. The molecule has 1 rings (SSSR count). The van der Waals surface area contributed by atoms with E-state index in [1.165, 1.54) is 6.07 Å². The van der Waals surface area contributed by atoms with Crippen LogP contribution in [-0.2, 0) is 0 Å².